The minimum absolute atomic E-state index is 0.848. The quantitative estimate of drug-likeness (QED) is 0.164. The average Bonchev–Trinajstić information content (AvgIpc) is 3.63. The Morgan fingerprint density at radius 3 is 1.43 bits per heavy atom. The molecule has 0 amide bonds. The maximum Gasteiger partial charge on any atom is 0.146 e. The Labute approximate surface area is 308 Å². The predicted octanol–water partition coefficient (Wildman–Crippen LogP) is 13.1. The molecule has 2 aromatic heterocycles. The highest BCUT2D eigenvalue weighted by Crippen LogP contribution is 2.45. The van der Waals surface area contributed by atoms with Crippen molar-refractivity contribution < 1.29 is 0 Å². The molecule has 0 aliphatic carbocycles. The molecule has 0 saturated heterocycles. The molecule has 0 aliphatic heterocycles. The number of rotatable bonds is 6. The summed E-state index contributed by atoms with van der Waals surface area (Å²) >= 11 is 0. The molecule has 248 valence electrons. The van der Waals surface area contributed by atoms with Crippen LogP contribution in [0.2, 0.25) is 0 Å². The lowest BCUT2D eigenvalue weighted by molar-refractivity contribution is 1.03. The van der Waals surface area contributed by atoms with E-state index in [1.165, 1.54) is 54.9 Å². The standard InChI is InChI=1S/C50H33N3/c1-4-14-36(15-5-1)48-41-20-10-11-21-42(41)49(37-16-6-2-7-17-37)44-32-39(27-29-43(44)48)34-23-25-35(26-24-34)40-28-30-46-45(33-40)52-50(38-18-8-3-9-19-38)53(46)47-22-12-13-31-51-47/h1-33H. The minimum atomic E-state index is 0.848. The molecule has 53 heavy (non-hydrogen) atoms. The third kappa shape index (κ3) is 5.38. The monoisotopic (exact) mass is 675 g/mol. The molecule has 0 spiro atoms. The Morgan fingerprint density at radius 1 is 0.340 bits per heavy atom. The average molecular weight is 676 g/mol. The maximum atomic E-state index is 5.15. The van der Waals surface area contributed by atoms with Crippen molar-refractivity contribution in [2.24, 2.45) is 0 Å². The van der Waals surface area contributed by atoms with Gasteiger partial charge in [-0.15, -0.1) is 0 Å². The predicted molar refractivity (Wildman–Crippen MR) is 221 cm³/mol. The highest BCUT2D eigenvalue weighted by Gasteiger charge is 2.18. The van der Waals surface area contributed by atoms with Gasteiger partial charge in [-0.3, -0.25) is 4.57 Å². The molecule has 0 saturated carbocycles. The molecule has 0 bridgehead atoms. The number of pyridine rings is 1. The van der Waals surface area contributed by atoms with Gasteiger partial charge in [-0.25, -0.2) is 9.97 Å². The molecule has 10 aromatic rings. The summed E-state index contributed by atoms with van der Waals surface area (Å²) in [6.07, 6.45) is 1.83. The Kier molecular flexibility index (Phi) is 7.47. The molecule has 2 heterocycles. The van der Waals surface area contributed by atoms with Crippen molar-refractivity contribution in [1.82, 2.24) is 14.5 Å². The molecular weight excluding hydrogens is 643 g/mol. The van der Waals surface area contributed by atoms with Crippen LogP contribution in [-0.2, 0) is 0 Å². The topological polar surface area (TPSA) is 30.7 Å². The third-order valence-corrected chi connectivity index (χ3v) is 10.3. The molecule has 0 fully saturated rings. The Hall–Kier alpha value is -7.10. The van der Waals surface area contributed by atoms with Crippen molar-refractivity contribution in [3.63, 3.8) is 0 Å². The zero-order valence-electron chi connectivity index (χ0n) is 28.9. The first-order valence-corrected chi connectivity index (χ1v) is 18.0. The molecule has 0 atom stereocenters. The normalized spacial score (nSPS) is 11.4. The summed E-state index contributed by atoms with van der Waals surface area (Å²) in [6.45, 7) is 0. The SMILES string of the molecule is c1ccc(-c2c3ccccc3c(-c3ccccc3)c3cc(-c4ccc(-c5ccc6c(c5)nc(-c5ccccc5)n6-c5ccccn5)cc4)ccc23)cc1. The van der Waals surface area contributed by atoms with Gasteiger partial charge in [0.1, 0.15) is 11.6 Å². The fraction of sp³-hybridized carbons (Fsp3) is 0. The van der Waals surface area contributed by atoms with Gasteiger partial charge in [0.2, 0.25) is 0 Å². The van der Waals surface area contributed by atoms with E-state index in [-0.39, 0.29) is 0 Å². The minimum Gasteiger partial charge on any atom is -0.276 e. The molecular formula is C50H33N3. The van der Waals surface area contributed by atoms with Crippen LogP contribution in [0.3, 0.4) is 0 Å². The first-order valence-electron chi connectivity index (χ1n) is 18.0. The van der Waals surface area contributed by atoms with Gasteiger partial charge < -0.3 is 0 Å². The van der Waals surface area contributed by atoms with Gasteiger partial charge in [-0.05, 0) is 96.4 Å². The summed E-state index contributed by atoms with van der Waals surface area (Å²) in [5.41, 5.74) is 12.6. The van der Waals surface area contributed by atoms with Crippen molar-refractivity contribution >= 4 is 32.6 Å². The van der Waals surface area contributed by atoms with Gasteiger partial charge in [0.25, 0.3) is 0 Å². The number of benzene rings is 8. The first-order chi connectivity index (χ1) is 26.3. The molecule has 0 radical (unpaired) electrons. The molecule has 3 heteroatoms. The highest BCUT2D eigenvalue weighted by molar-refractivity contribution is 6.22. The molecule has 10 rings (SSSR count). The maximum absolute atomic E-state index is 5.15. The smallest absolute Gasteiger partial charge is 0.146 e. The van der Waals surface area contributed by atoms with Crippen molar-refractivity contribution in [1.29, 1.82) is 0 Å². The van der Waals surface area contributed by atoms with Crippen LogP contribution in [0.4, 0.5) is 0 Å². The van der Waals surface area contributed by atoms with Crippen LogP contribution < -0.4 is 0 Å². The number of aromatic nitrogens is 3. The lowest BCUT2D eigenvalue weighted by Gasteiger charge is -2.18. The molecule has 0 N–H and O–H groups in total. The number of nitrogens with zero attached hydrogens (tertiary/aromatic N) is 3. The van der Waals surface area contributed by atoms with Crippen LogP contribution in [0.5, 0.6) is 0 Å². The van der Waals surface area contributed by atoms with E-state index in [9.17, 15) is 0 Å². The zero-order chi connectivity index (χ0) is 35.1. The number of hydrogen-bond acceptors (Lipinski definition) is 2. The van der Waals surface area contributed by atoms with Crippen LogP contribution in [0.15, 0.2) is 200 Å². The number of hydrogen-bond donors (Lipinski definition) is 0. The second-order valence-corrected chi connectivity index (χ2v) is 13.4. The lowest BCUT2D eigenvalue weighted by Crippen LogP contribution is -1.99. The fourth-order valence-corrected chi connectivity index (χ4v) is 7.80. The van der Waals surface area contributed by atoms with Crippen molar-refractivity contribution in [3.05, 3.63) is 200 Å². The van der Waals surface area contributed by atoms with Gasteiger partial charge in [0.15, 0.2) is 0 Å². The van der Waals surface area contributed by atoms with Gasteiger partial charge in [-0.1, -0.05) is 164 Å². The van der Waals surface area contributed by atoms with Crippen LogP contribution in [0.1, 0.15) is 0 Å². The van der Waals surface area contributed by atoms with Crippen LogP contribution in [0, 0.1) is 0 Å². The third-order valence-electron chi connectivity index (χ3n) is 10.3. The summed E-state index contributed by atoms with van der Waals surface area (Å²) < 4.78 is 2.15. The summed E-state index contributed by atoms with van der Waals surface area (Å²) in [7, 11) is 0. The molecule has 0 aliphatic rings. The Bertz CT molecular complexity index is 2900. The Balaban J connectivity index is 1.09. The highest BCUT2D eigenvalue weighted by atomic mass is 15.1. The van der Waals surface area contributed by atoms with E-state index in [0.717, 1.165) is 39.4 Å². The van der Waals surface area contributed by atoms with E-state index in [2.05, 4.69) is 167 Å². The van der Waals surface area contributed by atoms with Crippen molar-refractivity contribution in [2.45, 2.75) is 0 Å². The second-order valence-electron chi connectivity index (χ2n) is 13.4. The lowest BCUT2D eigenvalue weighted by atomic mass is 9.85. The molecule has 0 unspecified atom stereocenters. The van der Waals surface area contributed by atoms with E-state index in [1.807, 2.05) is 42.6 Å². The summed E-state index contributed by atoms with van der Waals surface area (Å²) in [6, 6.07) is 69.2. The van der Waals surface area contributed by atoms with E-state index in [1.54, 1.807) is 0 Å². The number of fused-ring (bicyclic) bond motifs is 3. The molecule has 8 aromatic carbocycles. The van der Waals surface area contributed by atoms with Gasteiger partial charge in [-0.2, -0.15) is 0 Å². The first kappa shape index (κ1) is 30.7. The van der Waals surface area contributed by atoms with Gasteiger partial charge in [0.05, 0.1) is 11.0 Å². The van der Waals surface area contributed by atoms with E-state index in [0.29, 0.717) is 0 Å². The van der Waals surface area contributed by atoms with E-state index in [4.69, 9.17) is 4.98 Å². The summed E-state index contributed by atoms with van der Waals surface area (Å²) in [5.74, 6) is 1.72. The summed E-state index contributed by atoms with van der Waals surface area (Å²) in [5, 5.41) is 5.02. The van der Waals surface area contributed by atoms with Gasteiger partial charge >= 0.3 is 0 Å². The second kappa shape index (κ2) is 12.9. The largest absolute Gasteiger partial charge is 0.276 e. The zero-order valence-corrected chi connectivity index (χ0v) is 28.9. The van der Waals surface area contributed by atoms with E-state index >= 15 is 0 Å². The van der Waals surface area contributed by atoms with Crippen molar-refractivity contribution in [3.8, 4) is 61.7 Å². The van der Waals surface area contributed by atoms with Crippen LogP contribution >= 0.6 is 0 Å². The van der Waals surface area contributed by atoms with Gasteiger partial charge in [0, 0.05) is 11.8 Å². The van der Waals surface area contributed by atoms with Crippen LogP contribution in [-0.4, -0.2) is 14.5 Å². The van der Waals surface area contributed by atoms with E-state index < -0.39 is 0 Å². The molecule has 3 nitrogen and oxygen atoms in total. The fourth-order valence-electron chi connectivity index (χ4n) is 7.80. The van der Waals surface area contributed by atoms with Crippen molar-refractivity contribution in [2.75, 3.05) is 0 Å². The Morgan fingerprint density at radius 2 is 0.830 bits per heavy atom. The van der Waals surface area contributed by atoms with Crippen LogP contribution in [0.25, 0.3) is 94.3 Å². The summed E-state index contributed by atoms with van der Waals surface area (Å²) in [4.78, 5) is 9.82. The number of imidazole rings is 1.